The third-order valence-corrected chi connectivity index (χ3v) is 4.47. The Hall–Kier alpha value is 0.177. The second-order valence-electron chi connectivity index (χ2n) is 6.56. The van der Waals surface area contributed by atoms with Crippen LogP contribution in [-0.4, -0.2) is 20.7 Å². The summed E-state index contributed by atoms with van der Waals surface area (Å²) in [5, 5.41) is 3.64. The lowest BCUT2D eigenvalue weighted by Crippen LogP contribution is -2.37. The third-order valence-electron chi connectivity index (χ3n) is 2.46. The van der Waals surface area contributed by atoms with Gasteiger partial charge in [0.25, 0.3) is 0 Å². The number of rotatable bonds is 5. The van der Waals surface area contributed by atoms with Crippen LogP contribution >= 0.6 is 0 Å². The lowest BCUT2D eigenvalue weighted by molar-refractivity contribution is 0.373. The van der Waals surface area contributed by atoms with Crippen LogP contribution in [0.2, 0.25) is 25.7 Å². The van der Waals surface area contributed by atoms with Crippen molar-refractivity contribution in [1.82, 2.24) is 5.32 Å². The summed E-state index contributed by atoms with van der Waals surface area (Å²) >= 11 is 0. The number of hydrogen-bond donors (Lipinski definition) is 1. The summed E-state index contributed by atoms with van der Waals surface area (Å²) in [6.07, 6.45) is 2.81. The van der Waals surface area contributed by atoms with Crippen LogP contribution < -0.4 is 5.32 Å². The molecule has 0 aliphatic heterocycles. The highest BCUT2D eigenvalue weighted by Gasteiger charge is 2.29. The predicted molar refractivity (Wildman–Crippen MR) is 63.0 cm³/mol. The van der Waals surface area contributed by atoms with Crippen LogP contribution in [0.1, 0.15) is 26.7 Å². The summed E-state index contributed by atoms with van der Waals surface area (Å²) in [6.45, 7) is 13.4. The lowest BCUT2D eigenvalue weighted by atomic mass is 9.96. The van der Waals surface area contributed by atoms with Crippen molar-refractivity contribution in [2.45, 2.75) is 58.4 Å². The molecule has 1 aliphatic rings. The average molecular weight is 199 g/mol. The zero-order chi connectivity index (χ0) is 10.1. The first kappa shape index (κ1) is 11.3. The molecule has 0 radical (unpaired) electrons. The van der Waals surface area contributed by atoms with Gasteiger partial charge >= 0.3 is 0 Å². The van der Waals surface area contributed by atoms with Gasteiger partial charge in [-0.05, 0) is 18.3 Å². The van der Waals surface area contributed by atoms with Crippen LogP contribution in [0, 0.1) is 5.41 Å². The first-order valence-corrected chi connectivity index (χ1v) is 9.23. The maximum absolute atomic E-state index is 3.64. The van der Waals surface area contributed by atoms with Crippen LogP contribution in [0.3, 0.4) is 0 Å². The standard InChI is InChI=1S/C11H25NSi/c1-11(2,9-13(3,4)5)8-12-10-6-7-10/h10,12H,6-9H2,1-5H3. The molecule has 0 spiro atoms. The fraction of sp³-hybridized carbons (Fsp3) is 1.00. The molecule has 0 heterocycles. The van der Waals surface area contributed by atoms with Crippen molar-refractivity contribution in [3.8, 4) is 0 Å². The van der Waals surface area contributed by atoms with Crippen LogP contribution in [0.4, 0.5) is 0 Å². The van der Waals surface area contributed by atoms with Crippen LogP contribution in [0.5, 0.6) is 0 Å². The Kier molecular flexibility index (Phi) is 3.23. The maximum Gasteiger partial charge on any atom is 0.0448 e. The largest absolute Gasteiger partial charge is 0.313 e. The van der Waals surface area contributed by atoms with Crippen LogP contribution in [0.15, 0.2) is 0 Å². The minimum absolute atomic E-state index is 0.507. The fourth-order valence-corrected chi connectivity index (χ4v) is 5.20. The minimum Gasteiger partial charge on any atom is -0.313 e. The normalized spacial score (nSPS) is 19.2. The molecule has 0 unspecified atom stereocenters. The van der Waals surface area contributed by atoms with E-state index in [1.807, 2.05) is 0 Å². The van der Waals surface area contributed by atoms with E-state index in [1.54, 1.807) is 0 Å². The summed E-state index contributed by atoms with van der Waals surface area (Å²) < 4.78 is 0. The molecule has 0 aromatic carbocycles. The van der Waals surface area contributed by atoms with Crippen molar-refractivity contribution >= 4 is 8.07 Å². The molecule has 0 aromatic heterocycles. The first-order valence-electron chi connectivity index (χ1n) is 5.52. The van der Waals surface area contributed by atoms with Crippen molar-refractivity contribution in [2.75, 3.05) is 6.54 Å². The summed E-state index contributed by atoms with van der Waals surface area (Å²) in [5.41, 5.74) is 0.507. The van der Waals surface area contributed by atoms with Crippen LogP contribution in [-0.2, 0) is 0 Å². The van der Waals surface area contributed by atoms with Gasteiger partial charge in [-0.3, -0.25) is 0 Å². The number of nitrogens with one attached hydrogen (secondary N) is 1. The molecule has 0 aromatic rings. The molecule has 1 nitrogen and oxygen atoms in total. The van der Waals surface area contributed by atoms with E-state index in [-0.39, 0.29) is 0 Å². The van der Waals surface area contributed by atoms with Gasteiger partial charge in [0.1, 0.15) is 0 Å². The Morgan fingerprint density at radius 1 is 1.23 bits per heavy atom. The van der Waals surface area contributed by atoms with E-state index in [9.17, 15) is 0 Å². The highest BCUT2D eigenvalue weighted by atomic mass is 28.3. The van der Waals surface area contributed by atoms with Crippen molar-refractivity contribution < 1.29 is 0 Å². The van der Waals surface area contributed by atoms with Gasteiger partial charge in [0.2, 0.25) is 0 Å². The van der Waals surface area contributed by atoms with Crippen molar-refractivity contribution in [1.29, 1.82) is 0 Å². The first-order chi connectivity index (χ1) is 5.79. The van der Waals surface area contributed by atoms with E-state index >= 15 is 0 Å². The molecule has 0 atom stereocenters. The van der Waals surface area contributed by atoms with E-state index in [2.05, 4.69) is 38.8 Å². The van der Waals surface area contributed by atoms with Gasteiger partial charge in [-0.2, -0.15) is 0 Å². The van der Waals surface area contributed by atoms with Crippen molar-refractivity contribution in [3.63, 3.8) is 0 Å². The quantitative estimate of drug-likeness (QED) is 0.671. The Labute approximate surface area is 84.3 Å². The van der Waals surface area contributed by atoms with Crippen molar-refractivity contribution in [2.24, 2.45) is 5.41 Å². The molecule has 1 N–H and O–H groups in total. The van der Waals surface area contributed by atoms with Gasteiger partial charge in [-0.15, -0.1) is 0 Å². The van der Waals surface area contributed by atoms with E-state index in [1.165, 1.54) is 25.4 Å². The second-order valence-corrected chi connectivity index (χ2v) is 12.0. The Morgan fingerprint density at radius 2 is 1.77 bits per heavy atom. The molecule has 0 saturated heterocycles. The molecule has 0 bridgehead atoms. The van der Waals surface area contributed by atoms with E-state index in [0.717, 1.165) is 6.04 Å². The SMILES string of the molecule is CC(C)(CNC1CC1)C[Si](C)(C)C. The molecule has 2 heteroatoms. The highest BCUT2D eigenvalue weighted by molar-refractivity contribution is 6.76. The van der Waals surface area contributed by atoms with Gasteiger partial charge in [-0.25, -0.2) is 0 Å². The molecule has 1 saturated carbocycles. The van der Waals surface area contributed by atoms with E-state index in [4.69, 9.17) is 0 Å². The molecule has 1 rings (SSSR count). The summed E-state index contributed by atoms with van der Waals surface area (Å²) in [6, 6.07) is 2.29. The molecule has 13 heavy (non-hydrogen) atoms. The Bertz CT molecular complexity index is 165. The molecular formula is C11H25NSi. The Morgan fingerprint density at radius 3 is 2.15 bits per heavy atom. The van der Waals surface area contributed by atoms with Gasteiger partial charge in [0.15, 0.2) is 0 Å². The Balaban J connectivity index is 2.26. The summed E-state index contributed by atoms with van der Waals surface area (Å²) in [7, 11) is -0.884. The molecule has 78 valence electrons. The summed E-state index contributed by atoms with van der Waals surface area (Å²) in [4.78, 5) is 0. The smallest absolute Gasteiger partial charge is 0.0448 e. The van der Waals surface area contributed by atoms with Crippen LogP contribution in [0.25, 0.3) is 0 Å². The van der Waals surface area contributed by atoms with E-state index in [0.29, 0.717) is 5.41 Å². The van der Waals surface area contributed by atoms with Crippen molar-refractivity contribution in [3.05, 3.63) is 0 Å². The lowest BCUT2D eigenvalue weighted by Gasteiger charge is -2.31. The predicted octanol–water partition coefficient (Wildman–Crippen LogP) is 3.10. The van der Waals surface area contributed by atoms with Gasteiger partial charge < -0.3 is 5.32 Å². The van der Waals surface area contributed by atoms with E-state index < -0.39 is 8.07 Å². The molecule has 1 fully saturated rings. The molecule has 1 aliphatic carbocycles. The van der Waals surface area contributed by atoms with Gasteiger partial charge in [0, 0.05) is 20.7 Å². The molecular weight excluding hydrogens is 174 g/mol. The highest BCUT2D eigenvalue weighted by Crippen LogP contribution is 2.29. The van der Waals surface area contributed by atoms with Gasteiger partial charge in [-0.1, -0.05) is 39.5 Å². The average Bonchev–Trinajstić information content (AvgIpc) is 2.59. The third kappa shape index (κ3) is 5.48. The zero-order valence-electron chi connectivity index (χ0n) is 9.91. The second kappa shape index (κ2) is 3.74. The number of hydrogen-bond acceptors (Lipinski definition) is 1. The zero-order valence-corrected chi connectivity index (χ0v) is 10.9. The monoisotopic (exact) mass is 199 g/mol. The maximum atomic E-state index is 3.64. The topological polar surface area (TPSA) is 12.0 Å². The van der Waals surface area contributed by atoms with Gasteiger partial charge in [0.05, 0.1) is 0 Å². The molecule has 0 amide bonds. The fourth-order valence-electron chi connectivity index (χ4n) is 2.21. The summed E-state index contributed by atoms with van der Waals surface area (Å²) in [5.74, 6) is 0. The minimum atomic E-state index is -0.884.